The molecule has 3 heteroatoms. The maximum atomic E-state index is 5.31. The zero-order valence-corrected chi connectivity index (χ0v) is 9.23. The highest BCUT2D eigenvalue weighted by atomic mass is 16.5. The van der Waals surface area contributed by atoms with Gasteiger partial charge in [0.05, 0.1) is 26.1 Å². The number of aromatic nitrogens is 1. The van der Waals surface area contributed by atoms with Crippen LogP contribution in [0.4, 0.5) is 0 Å². The van der Waals surface area contributed by atoms with Crippen molar-refractivity contribution in [3.8, 4) is 22.8 Å². The number of benzene rings is 1. The molecule has 0 unspecified atom stereocenters. The molecular weight excluding hydrogens is 202 g/mol. The van der Waals surface area contributed by atoms with Crippen LogP contribution in [0.1, 0.15) is 0 Å². The minimum atomic E-state index is 0.742. The summed E-state index contributed by atoms with van der Waals surface area (Å²) in [6, 6.07) is 11.2. The Balaban J connectivity index is 2.49. The molecule has 1 radical (unpaired) electrons. The van der Waals surface area contributed by atoms with Crippen molar-refractivity contribution >= 4 is 0 Å². The van der Waals surface area contributed by atoms with Crippen LogP contribution in [-0.2, 0) is 0 Å². The number of ether oxygens (including phenoxy) is 2. The van der Waals surface area contributed by atoms with Gasteiger partial charge < -0.3 is 9.47 Å². The SMILES string of the molecule is COc1ccc(-c2ccc[c]n2)c(OC)c1. The maximum absolute atomic E-state index is 5.31. The Hall–Kier alpha value is -2.03. The van der Waals surface area contributed by atoms with Crippen molar-refractivity contribution < 1.29 is 9.47 Å². The average molecular weight is 214 g/mol. The lowest BCUT2D eigenvalue weighted by atomic mass is 10.1. The first kappa shape index (κ1) is 10.5. The molecular formula is C13H12NO2. The third kappa shape index (κ3) is 1.98. The fourth-order valence-electron chi connectivity index (χ4n) is 1.49. The fraction of sp³-hybridized carbons (Fsp3) is 0.154. The molecule has 1 aromatic heterocycles. The molecule has 0 saturated carbocycles. The predicted octanol–water partition coefficient (Wildman–Crippen LogP) is 2.57. The number of rotatable bonds is 3. The number of hydrogen-bond donors (Lipinski definition) is 0. The Morgan fingerprint density at radius 1 is 1.12 bits per heavy atom. The summed E-state index contributed by atoms with van der Waals surface area (Å²) in [7, 11) is 3.26. The molecule has 2 aromatic rings. The van der Waals surface area contributed by atoms with E-state index in [1.165, 1.54) is 0 Å². The van der Waals surface area contributed by atoms with Gasteiger partial charge in [-0.05, 0) is 24.3 Å². The summed E-state index contributed by atoms with van der Waals surface area (Å²) in [5.74, 6) is 1.51. The van der Waals surface area contributed by atoms with E-state index in [0.29, 0.717) is 0 Å². The van der Waals surface area contributed by atoms with Crippen molar-refractivity contribution in [3.63, 3.8) is 0 Å². The van der Waals surface area contributed by atoms with Crippen LogP contribution in [0.25, 0.3) is 11.3 Å². The van der Waals surface area contributed by atoms with E-state index in [1.54, 1.807) is 20.3 Å². The Morgan fingerprint density at radius 3 is 2.62 bits per heavy atom. The minimum absolute atomic E-state index is 0.742. The number of nitrogens with zero attached hydrogens (tertiary/aromatic N) is 1. The molecule has 0 saturated heterocycles. The van der Waals surface area contributed by atoms with Gasteiger partial charge in [-0.1, -0.05) is 6.07 Å². The lowest BCUT2D eigenvalue weighted by molar-refractivity contribution is 0.395. The average Bonchev–Trinajstić information content (AvgIpc) is 2.39. The van der Waals surface area contributed by atoms with E-state index >= 15 is 0 Å². The summed E-state index contributed by atoms with van der Waals surface area (Å²) in [5, 5.41) is 0. The summed E-state index contributed by atoms with van der Waals surface area (Å²) in [5.41, 5.74) is 1.77. The van der Waals surface area contributed by atoms with Gasteiger partial charge in [-0.15, -0.1) is 0 Å². The third-order valence-electron chi connectivity index (χ3n) is 2.29. The molecule has 2 rings (SSSR count). The van der Waals surface area contributed by atoms with Gasteiger partial charge in [0.2, 0.25) is 0 Å². The van der Waals surface area contributed by atoms with E-state index in [2.05, 4.69) is 11.2 Å². The lowest BCUT2D eigenvalue weighted by Crippen LogP contribution is -1.91. The lowest BCUT2D eigenvalue weighted by Gasteiger charge is -2.09. The molecule has 0 N–H and O–H groups in total. The summed E-state index contributed by atoms with van der Waals surface area (Å²) < 4.78 is 10.4. The zero-order chi connectivity index (χ0) is 11.4. The van der Waals surface area contributed by atoms with Crippen LogP contribution in [0, 0.1) is 6.20 Å². The van der Waals surface area contributed by atoms with Gasteiger partial charge in [0.15, 0.2) is 0 Å². The molecule has 16 heavy (non-hydrogen) atoms. The second kappa shape index (κ2) is 4.66. The van der Waals surface area contributed by atoms with Crippen LogP contribution in [0.3, 0.4) is 0 Å². The fourth-order valence-corrected chi connectivity index (χ4v) is 1.49. The van der Waals surface area contributed by atoms with Gasteiger partial charge in [0, 0.05) is 11.6 Å². The minimum Gasteiger partial charge on any atom is -0.497 e. The zero-order valence-electron chi connectivity index (χ0n) is 9.23. The van der Waals surface area contributed by atoms with Crippen molar-refractivity contribution in [2.45, 2.75) is 0 Å². The van der Waals surface area contributed by atoms with Crippen molar-refractivity contribution in [3.05, 3.63) is 42.6 Å². The third-order valence-corrected chi connectivity index (χ3v) is 2.29. The van der Waals surface area contributed by atoms with E-state index in [4.69, 9.17) is 9.47 Å². The highest BCUT2D eigenvalue weighted by molar-refractivity contribution is 5.68. The molecule has 0 aliphatic rings. The Kier molecular flexibility index (Phi) is 3.05. The molecule has 1 heterocycles. The van der Waals surface area contributed by atoms with Gasteiger partial charge >= 0.3 is 0 Å². The predicted molar refractivity (Wildman–Crippen MR) is 61.6 cm³/mol. The summed E-state index contributed by atoms with van der Waals surface area (Å²) in [6.45, 7) is 0. The number of hydrogen-bond acceptors (Lipinski definition) is 3. The van der Waals surface area contributed by atoms with E-state index in [1.807, 2.05) is 30.3 Å². The molecule has 0 aliphatic heterocycles. The molecule has 3 nitrogen and oxygen atoms in total. The Bertz CT molecular complexity index is 469. The molecule has 0 fully saturated rings. The van der Waals surface area contributed by atoms with Gasteiger partial charge in [-0.2, -0.15) is 0 Å². The summed E-state index contributed by atoms with van der Waals surface area (Å²) >= 11 is 0. The van der Waals surface area contributed by atoms with Crippen molar-refractivity contribution in [2.75, 3.05) is 14.2 Å². The summed E-state index contributed by atoms with van der Waals surface area (Å²) in [4.78, 5) is 4.17. The van der Waals surface area contributed by atoms with Gasteiger partial charge in [-0.25, -0.2) is 4.98 Å². The molecule has 0 spiro atoms. The Labute approximate surface area is 94.7 Å². The molecule has 81 valence electrons. The van der Waals surface area contributed by atoms with E-state index in [0.717, 1.165) is 22.8 Å². The molecule has 0 atom stereocenters. The standard InChI is InChI=1S/C13H12NO2/c1-15-10-6-7-11(13(9-10)16-2)12-5-3-4-8-14-12/h3-7,9H,1-2H3. The van der Waals surface area contributed by atoms with Crippen LogP contribution >= 0.6 is 0 Å². The molecule has 1 aromatic carbocycles. The van der Waals surface area contributed by atoms with E-state index in [9.17, 15) is 0 Å². The topological polar surface area (TPSA) is 31.4 Å². The first-order chi connectivity index (χ1) is 7.85. The highest BCUT2D eigenvalue weighted by Crippen LogP contribution is 2.31. The number of pyridine rings is 1. The smallest absolute Gasteiger partial charge is 0.131 e. The van der Waals surface area contributed by atoms with E-state index < -0.39 is 0 Å². The van der Waals surface area contributed by atoms with Crippen molar-refractivity contribution in [2.24, 2.45) is 0 Å². The van der Waals surface area contributed by atoms with Crippen LogP contribution in [0.15, 0.2) is 36.4 Å². The van der Waals surface area contributed by atoms with Gasteiger partial charge in [0.25, 0.3) is 0 Å². The highest BCUT2D eigenvalue weighted by Gasteiger charge is 2.07. The van der Waals surface area contributed by atoms with Crippen LogP contribution in [0.5, 0.6) is 11.5 Å². The van der Waals surface area contributed by atoms with Crippen molar-refractivity contribution in [1.82, 2.24) is 4.98 Å². The first-order valence-electron chi connectivity index (χ1n) is 4.90. The molecule has 0 aliphatic carbocycles. The summed E-state index contributed by atoms with van der Waals surface area (Å²) in [6.07, 6.45) is 2.80. The largest absolute Gasteiger partial charge is 0.497 e. The maximum Gasteiger partial charge on any atom is 0.131 e. The van der Waals surface area contributed by atoms with Crippen LogP contribution < -0.4 is 9.47 Å². The van der Waals surface area contributed by atoms with Gasteiger partial charge in [-0.3, -0.25) is 0 Å². The Morgan fingerprint density at radius 2 is 2.00 bits per heavy atom. The first-order valence-corrected chi connectivity index (χ1v) is 4.90. The normalized spacial score (nSPS) is 9.88. The monoisotopic (exact) mass is 214 g/mol. The molecule has 0 bridgehead atoms. The number of methoxy groups -OCH3 is 2. The van der Waals surface area contributed by atoms with E-state index in [-0.39, 0.29) is 0 Å². The second-order valence-electron chi connectivity index (χ2n) is 3.22. The van der Waals surface area contributed by atoms with Crippen molar-refractivity contribution in [1.29, 1.82) is 0 Å². The molecule has 0 amide bonds. The van der Waals surface area contributed by atoms with Crippen LogP contribution in [0.2, 0.25) is 0 Å². The van der Waals surface area contributed by atoms with Gasteiger partial charge in [0.1, 0.15) is 11.5 Å². The quantitative estimate of drug-likeness (QED) is 0.786. The van der Waals surface area contributed by atoms with Crippen LogP contribution in [-0.4, -0.2) is 19.2 Å². The second-order valence-corrected chi connectivity index (χ2v) is 3.22.